The second-order valence-corrected chi connectivity index (χ2v) is 3.93. The molecular weight excluding hydrogens is 182 g/mol. The molecule has 0 saturated heterocycles. The largest absolute Gasteiger partial charge is 0.481 e. The van der Waals surface area contributed by atoms with Crippen molar-refractivity contribution in [1.29, 1.82) is 0 Å². The molecule has 0 aromatic rings. The van der Waals surface area contributed by atoms with E-state index in [-0.39, 0.29) is 24.3 Å². The predicted molar refractivity (Wildman–Crippen MR) is 51.9 cm³/mol. The molecular formula is C10H17NO3. The van der Waals surface area contributed by atoms with E-state index in [1.807, 2.05) is 0 Å². The Morgan fingerprint density at radius 2 is 2.00 bits per heavy atom. The van der Waals surface area contributed by atoms with E-state index in [1.165, 1.54) is 0 Å². The summed E-state index contributed by atoms with van der Waals surface area (Å²) >= 11 is 0. The van der Waals surface area contributed by atoms with Crippen molar-refractivity contribution in [3.63, 3.8) is 0 Å². The Morgan fingerprint density at radius 1 is 1.36 bits per heavy atom. The fourth-order valence-electron chi connectivity index (χ4n) is 1.75. The summed E-state index contributed by atoms with van der Waals surface area (Å²) in [6.07, 6.45) is 4.17. The molecule has 0 unspecified atom stereocenters. The number of carbonyl (C=O) groups excluding carboxylic acids is 1. The number of hydrogen-bond donors (Lipinski definition) is 2. The summed E-state index contributed by atoms with van der Waals surface area (Å²) in [5, 5.41) is 11.3. The van der Waals surface area contributed by atoms with Crippen molar-refractivity contribution in [2.75, 3.05) is 0 Å². The zero-order chi connectivity index (χ0) is 10.6. The minimum absolute atomic E-state index is 0.0183. The highest BCUT2D eigenvalue weighted by molar-refractivity contribution is 5.81. The molecule has 0 atom stereocenters. The van der Waals surface area contributed by atoms with Gasteiger partial charge in [-0.3, -0.25) is 9.59 Å². The second-order valence-electron chi connectivity index (χ2n) is 3.93. The Balaban J connectivity index is 2.28. The summed E-state index contributed by atoms with van der Waals surface area (Å²) in [4.78, 5) is 21.6. The third-order valence-electron chi connectivity index (χ3n) is 2.96. The standard InChI is InChI=1S/C10H17NO3/c1-2-10(6-3-7-10)11-8(12)4-5-9(13)14/h2-7H2,1H3,(H,11,12)(H,13,14). The van der Waals surface area contributed by atoms with E-state index in [9.17, 15) is 9.59 Å². The molecule has 1 saturated carbocycles. The van der Waals surface area contributed by atoms with Crippen molar-refractivity contribution in [3.8, 4) is 0 Å². The van der Waals surface area contributed by atoms with E-state index in [0.29, 0.717) is 0 Å². The second kappa shape index (κ2) is 4.44. The van der Waals surface area contributed by atoms with Gasteiger partial charge in [0.2, 0.25) is 5.91 Å². The summed E-state index contributed by atoms with van der Waals surface area (Å²) in [5.74, 6) is -1.05. The van der Waals surface area contributed by atoms with Crippen molar-refractivity contribution >= 4 is 11.9 Å². The van der Waals surface area contributed by atoms with E-state index >= 15 is 0 Å². The zero-order valence-corrected chi connectivity index (χ0v) is 8.51. The Labute approximate surface area is 83.7 Å². The van der Waals surface area contributed by atoms with Gasteiger partial charge in [0.1, 0.15) is 0 Å². The van der Waals surface area contributed by atoms with Crippen molar-refractivity contribution in [3.05, 3.63) is 0 Å². The summed E-state index contributed by atoms with van der Waals surface area (Å²) in [6.45, 7) is 2.05. The van der Waals surface area contributed by atoms with Gasteiger partial charge < -0.3 is 10.4 Å². The van der Waals surface area contributed by atoms with Gasteiger partial charge in [0, 0.05) is 12.0 Å². The molecule has 0 aliphatic heterocycles. The molecule has 0 heterocycles. The third-order valence-corrected chi connectivity index (χ3v) is 2.96. The fraction of sp³-hybridized carbons (Fsp3) is 0.800. The van der Waals surface area contributed by atoms with Crippen LogP contribution >= 0.6 is 0 Å². The lowest BCUT2D eigenvalue weighted by Crippen LogP contribution is -2.52. The third kappa shape index (κ3) is 2.72. The highest BCUT2D eigenvalue weighted by Gasteiger charge is 2.36. The summed E-state index contributed by atoms with van der Waals surface area (Å²) in [5.41, 5.74) is -0.0183. The molecule has 4 nitrogen and oxygen atoms in total. The smallest absolute Gasteiger partial charge is 0.303 e. The first-order valence-corrected chi connectivity index (χ1v) is 5.11. The molecule has 2 N–H and O–H groups in total. The van der Waals surface area contributed by atoms with E-state index in [2.05, 4.69) is 12.2 Å². The normalized spacial score (nSPS) is 18.4. The highest BCUT2D eigenvalue weighted by atomic mass is 16.4. The molecule has 1 fully saturated rings. The number of rotatable bonds is 5. The maximum absolute atomic E-state index is 11.3. The predicted octanol–water partition coefficient (Wildman–Crippen LogP) is 1.30. The van der Waals surface area contributed by atoms with Gasteiger partial charge in [-0.05, 0) is 25.7 Å². The fourth-order valence-corrected chi connectivity index (χ4v) is 1.75. The number of hydrogen-bond acceptors (Lipinski definition) is 2. The molecule has 1 aliphatic carbocycles. The van der Waals surface area contributed by atoms with Crippen LogP contribution in [0.3, 0.4) is 0 Å². The van der Waals surface area contributed by atoms with E-state index in [1.54, 1.807) is 0 Å². The Morgan fingerprint density at radius 3 is 2.36 bits per heavy atom. The zero-order valence-electron chi connectivity index (χ0n) is 8.51. The van der Waals surface area contributed by atoms with E-state index in [4.69, 9.17) is 5.11 Å². The molecule has 1 amide bonds. The Bertz CT molecular complexity index is 228. The number of amides is 1. The van der Waals surface area contributed by atoms with Crippen molar-refractivity contribution in [2.45, 2.75) is 51.0 Å². The molecule has 80 valence electrons. The number of carboxylic acid groups (broad SMARTS) is 1. The first kappa shape index (κ1) is 11.0. The van der Waals surface area contributed by atoms with Crippen LogP contribution in [0.1, 0.15) is 45.4 Å². The number of aliphatic carboxylic acids is 1. The summed E-state index contributed by atoms with van der Waals surface area (Å²) in [6, 6.07) is 0. The van der Waals surface area contributed by atoms with E-state index < -0.39 is 5.97 Å². The van der Waals surface area contributed by atoms with Crippen LogP contribution in [0, 0.1) is 0 Å². The van der Waals surface area contributed by atoms with Crippen molar-refractivity contribution in [2.24, 2.45) is 0 Å². The van der Waals surface area contributed by atoms with Crippen LogP contribution < -0.4 is 5.32 Å². The highest BCUT2D eigenvalue weighted by Crippen LogP contribution is 2.34. The van der Waals surface area contributed by atoms with Gasteiger partial charge in [-0.2, -0.15) is 0 Å². The first-order chi connectivity index (χ1) is 6.58. The van der Waals surface area contributed by atoms with Crippen molar-refractivity contribution < 1.29 is 14.7 Å². The molecule has 14 heavy (non-hydrogen) atoms. The Kier molecular flexibility index (Phi) is 3.49. The molecule has 1 aliphatic rings. The maximum Gasteiger partial charge on any atom is 0.303 e. The number of carbonyl (C=O) groups is 2. The van der Waals surface area contributed by atoms with Crippen LogP contribution in [-0.4, -0.2) is 22.5 Å². The van der Waals surface area contributed by atoms with Gasteiger partial charge in [0.05, 0.1) is 6.42 Å². The van der Waals surface area contributed by atoms with Gasteiger partial charge in [0.25, 0.3) is 0 Å². The molecule has 0 aromatic carbocycles. The molecule has 4 heteroatoms. The van der Waals surface area contributed by atoms with E-state index in [0.717, 1.165) is 25.7 Å². The lowest BCUT2D eigenvalue weighted by molar-refractivity contribution is -0.139. The minimum atomic E-state index is -0.917. The van der Waals surface area contributed by atoms with Crippen LogP contribution in [0.15, 0.2) is 0 Å². The monoisotopic (exact) mass is 199 g/mol. The van der Waals surface area contributed by atoms with Gasteiger partial charge >= 0.3 is 5.97 Å². The molecule has 0 spiro atoms. The van der Waals surface area contributed by atoms with Crippen LogP contribution in [0.25, 0.3) is 0 Å². The molecule has 0 radical (unpaired) electrons. The van der Waals surface area contributed by atoms with Crippen LogP contribution in [0.4, 0.5) is 0 Å². The topological polar surface area (TPSA) is 66.4 Å². The van der Waals surface area contributed by atoms with Crippen LogP contribution in [-0.2, 0) is 9.59 Å². The number of nitrogens with one attached hydrogen (secondary N) is 1. The minimum Gasteiger partial charge on any atom is -0.481 e. The van der Waals surface area contributed by atoms with Gasteiger partial charge in [-0.25, -0.2) is 0 Å². The molecule has 0 bridgehead atoms. The first-order valence-electron chi connectivity index (χ1n) is 5.11. The summed E-state index contributed by atoms with van der Waals surface area (Å²) in [7, 11) is 0. The molecule has 1 rings (SSSR count). The Hall–Kier alpha value is -1.06. The van der Waals surface area contributed by atoms with Crippen LogP contribution in [0.5, 0.6) is 0 Å². The van der Waals surface area contributed by atoms with Gasteiger partial charge in [0.15, 0.2) is 0 Å². The summed E-state index contributed by atoms with van der Waals surface area (Å²) < 4.78 is 0. The quantitative estimate of drug-likeness (QED) is 0.701. The number of carboxylic acids is 1. The lowest BCUT2D eigenvalue weighted by Gasteiger charge is -2.42. The maximum atomic E-state index is 11.3. The molecule has 0 aromatic heterocycles. The SMILES string of the molecule is CCC1(NC(=O)CCC(=O)O)CCC1. The van der Waals surface area contributed by atoms with Crippen molar-refractivity contribution in [1.82, 2.24) is 5.32 Å². The lowest BCUT2D eigenvalue weighted by atomic mass is 9.75. The average Bonchev–Trinajstić information content (AvgIpc) is 2.08. The van der Waals surface area contributed by atoms with Crippen LogP contribution in [0.2, 0.25) is 0 Å². The van der Waals surface area contributed by atoms with Gasteiger partial charge in [-0.1, -0.05) is 6.92 Å². The average molecular weight is 199 g/mol. The van der Waals surface area contributed by atoms with Gasteiger partial charge in [-0.15, -0.1) is 0 Å².